The molecule has 0 aliphatic carbocycles. The van der Waals surface area contributed by atoms with Crippen molar-refractivity contribution in [1.29, 1.82) is 5.26 Å². The molecular formula is C12H12N4S. The first kappa shape index (κ1) is 11.6. The fourth-order valence-corrected chi connectivity index (χ4v) is 2.33. The summed E-state index contributed by atoms with van der Waals surface area (Å²) in [6.45, 7) is 2.07. The maximum absolute atomic E-state index is 8.74. The van der Waals surface area contributed by atoms with Gasteiger partial charge in [-0.05, 0) is 24.4 Å². The predicted octanol–water partition coefficient (Wildman–Crippen LogP) is 2.45. The SMILES string of the molecule is CC(Cc1cccs1)Nc1nccc(C#N)n1. The van der Waals surface area contributed by atoms with Crippen molar-refractivity contribution in [2.24, 2.45) is 0 Å². The quantitative estimate of drug-likeness (QED) is 0.897. The Balaban J connectivity index is 1.98. The normalized spacial score (nSPS) is 11.8. The van der Waals surface area contributed by atoms with Crippen LogP contribution in [0.3, 0.4) is 0 Å². The van der Waals surface area contributed by atoms with E-state index >= 15 is 0 Å². The van der Waals surface area contributed by atoms with Gasteiger partial charge in [0.1, 0.15) is 11.8 Å². The lowest BCUT2D eigenvalue weighted by molar-refractivity contribution is 0.785. The van der Waals surface area contributed by atoms with Crippen LogP contribution >= 0.6 is 11.3 Å². The number of hydrogen-bond donors (Lipinski definition) is 1. The number of aromatic nitrogens is 2. The van der Waals surface area contributed by atoms with Crippen molar-refractivity contribution >= 4 is 17.3 Å². The van der Waals surface area contributed by atoms with Gasteiger partial charge in [0.15, 0.2) is 0 Å². The maximum atomic E-state index is 8.74. The molecule has 0 spiro atoms. The van der Waals surface area contributed by atoms with Crippen molar-refractivity contribution in [3.05, 3.63) is 40.3 Å². The van der Waals surface area contributed by atoms with Gasteiger partial charge >= 0.3 is 0 Å². The third-order valence-corrected chi connectivity index (χ3v) is 3.13. The van der Waals surface area contributed by atoms with E-state index in [0.717, 1.165) is 6.42 Å². The first-order valence-corrected chi connectivity index (χ1v) is 6.18. The molecule has 0 aromatic carbocycles. The molecule has 86 valence electrons. The molecule has 2 rings (SSSR count). The largest absolute Gasteiger partial charge is 0.351 e. The third kappa shape index (κ3) is 3.26. The van der Waals surface area contributed by atoms with E-state index in [9.17, 15) is 0 Å². The molecule has 0 saturated heterocycles. The molecule has 2 aromatic heterocycles. The van der Waals surface area contributed by atoms with E-state index in [4.69, 9.17) is 5.26 Å². The Morgan fingerprint density at radius 2 is 2.41 bits per heavy atom. The van der Waals surface area contributed by atoms with Crippen LogP contribution in [0.1, 0.15) is 17.5 Å². The Morgan fingerprint density at radius 3 is 3.12 bits per heavy atom. The van der Waals surface area contributed by atoms with E-state index in [0.29, 0.717) is 11.6 Å². The number of nitrogens with one attached hydrogen (secondary N) is 1. The summed E-state index contributed by atoms with van der Waals surface area (Å²) in [5, 5.41) is 14.0. The minimum atomic E-state index is 0.239. The number of hydrogen-bond acceptors (Lipinski definition) is 5. The smallest absolute Gasteiger partial charge is 0.224 e. The summed E-state index contributed by atoms with van der Waals surface area (Å²) in [6, 6.07) is 7.98. The van der Waals surface area contributed by atoms with Gasteiger partial charge < -0.3 is 5.32 Å². The average Bonchev–Trinajstić information content (AvgIpc) is 2.82. The molecule has 1 unspecified atom stereocenters. The average molecular weight is 244 g/mol. The Bertz CT molecular complexity index is 516. The number of anilines is 1. The van der Waals surface area contributed by atoms with Crippen LogP contribution in [-0.2, 0) is 6.42 Å². The van der Waals surface area contributed by atoms with Crippen molar-refractivity contribution in [3.63, 3.8) is 0 Å². The molecule has 1 N–H and O–H groups in total. The summed E-state index contributed by atoms with van der Waals surface area (Å²) in [4.78, 5) is 9.49. The topological polar surface area (TPSA) is 61.6 Å². The summed E-state index contributed by atoms with van der Waals surface area (Å²) in [5.74, 6) is 0.508. The van der Waals surface area contributed by atoms with Gasteiger partial charge in [-0.2, -0.15) is 5.26 Å². The molecule has 4 nitrogen and oxygen atoms in total. The zero-order chi connectivity index (χ0) is 12.1. The molecule has 1 atom stereocenters. The molecule has 0 saturated carbocycles. The lowest BCUT2D eigenvalue weighted by atomic mass is 10.2. The van der Waals surface area contributed by atoms with Crippen molar-refractivity contribution in [2.75, 3.05) is 5.32 Å². The zero-order valence-corrected chi connectivity index (χ0v) is 10.2. The van der Waals surface area contributed by atoms with Gasteiger partial charge in [-0.25, -0.2) is 9.97 Å². The van der Waals surface area contributed by atoms with E-state index < -0.39 is 0 Å². The zero-order valence-electron chi connectivity index (χ0n) is 9.42. The van der Waals surface area contributed by atoms with Crippen molar-refractivity contribution in [3.8, 4) is 6.07 Å². The summed E-state index contributed by atoms with van der Waals surface area (Å²) < 4.78 is 0. The highest BCUT2D eigenvalue weighted by Gasteiger charge is 2.06. The molecule has 0 amide bonds. The molecule has 17 heavy (non-hydrogen) atoms. The Hall–Kier alpha value is -1.93. The Kier molecular flexibility index (Phi) is 3.68. The van der Waals surface area contributed by atoms with Crippen molar-refractivity contribution < 1.29 is 0 Å². The van der Waals surface area contributed by atoms with Crippen LogP contribution in [-0.4, -0.2) is 16.0 Å². The van der Waals surface area contributed by atoms with Crippen LogP contribution in [0.4, 0.5) is 5.95 Å². The van der Waals surface area contributed by atoms with Crippen LogP contribution in [0.2, 0.25) is 0 Å². The summed E-state index contributed by atoms with van der Waals surface area (Å²) in [5.41, 5.74) is 0.380. The van der Waals surface area contributed by atoms with Crippen LogP contribution in [0, 0.1) is 11.3 Å². The third-order valence-electron chi connectivity index (χ3n) is 2.23. The van der Waals surface area contributed by atoms with Gasteiger partial charge in [0.2, 0.25) is 5.95 Å². The predicted molar refractivity (Wildman–Crippen MR) is 67.9 cm³/mol. The molecule has 0 aliphatic rings. The van der Waals surface area contributed by atoms with Gasteiger partial charge in [-0.3, -0.25) is 0 Å². The monoisotopic (exact) mass is 244 g/mol. The molecule has 5 heteroatoms. The van der Waals surface area contributed by atoms with Crippen molar-refractivity contribution in [1.82, 2.24) is 9.97 Å². The molecule has 2 aromatic rings. The first-order chi connectivity index (χ1) is 8.28. The molecule has 0 fully saturated rings. The number of nitriles is 1. The first-order valence-electron chi connectivity index (χ1n) is 5.30. The van der Waals surface area contributed by atoms with Gasteiger partial charge in [0.25, 0.3) is 0 Å². The molecule has 0 bridgehead atoms. The van der Waals surface area contributed by atoms with Gasteiger partial charge in [0.05, 0.1) is 0 Å². The van der Waals surface area contributed by atoms with E-state index in [1.54, 1.807) is 23.6 Å². The van der Waals surface area contributed by atoms with Gasteiger partial charge in [-0.1, -0.05) is 6.07 Å². The molecule has 2 heterocycles. The fraction of sp³-hybridized carbons (Fsp3) is 0.250. The molecule has 0 aliphatic heterocycles. The number of rotatable bonds is 4. The lowest BCUT2D eigenvalue weighted by Gasteiger charge is -2.12. The van der Waals surface area contributed by atoms with Crippen LogP contribution in [0.5, 0.6) is 0 Å². The second-order valence-electron chi connectivity index (χ2n) is 3.71. The summed E-state index contributed by atoms with van der Waals surface area (Å²) >= 11 is 1.74. The highest BCUT2D eigenvalue weighted by Crippen LogP contribution is 2.12. The van der Waals surface area contributed by atoms with E-state index in [1.165, 1.54) is 4.88 Å². The molecule has 0 radical (unpaired) electrons. The number of nitrogens with zero attached hydrogens (tertiary/aromatic N) is 3. The lowest BCUT2D eigenvalue weighted by Crippen LogP contribution is -2.19. The number of thiophene rings is 1. The standard InChI is InChI=1S/C12H12N4S/c1-9(7-11-3-2-6-17-11)15-12-14-5-4-10(8-13)16-12/h2-6,9H,7H2,1H3,(H,14,15,16). The van der Waals surface area contributed by atoms with Crippen LogP contribution in [0.15, 0.2) is 29.8 Å². The van der Waals surface area contributed by atoms with Crippen LogP contribution < -0.4 is 5.32 Å². The Labute approximate surface area is 104 Å². The minimum Gasteiger partial charge on any atom is -0.351 e. The summed E-state index contributed by atoms with van der Waals surface area (Å²) in [7, 11) is 0. The van der Waals surface area contributed by atoms with E-state index in [-0.39, 0.29) is 6.04 Å². The van der Waals surface area contributed by atoms with E-state index in [2.05, 4.69) is 33.7 Å². The Morgan fingerprint density at radius 1 is 1.53 bits per heavy atom. The van der Waals surface area contributed by atoms with E-state index in [1.807, 2.05) is 12.1 Å². The highest BCUT2D eigenvalue weighted by molar-refractivity contribution is 7.09. The fourth-order valence-electron chi connectivity index (χ4n) is 1.49. The highest BCUT2D eigenvalue weighted by atomic mass is 32.1. The maximum Gasteiger partial charge on any atom is 0.224 e. The second-order valence-corrected chi connectivity index (χ2v) is 4.74. The minimum absolute atomic E-state index is 0.239. The van der Waals surface area contributed by atoms with Crippen LogP contribution in [0.25, 0.3) is 0 Å². The second kappa shape index (κ2) is 5.41. The summed E-state index contributed by atoms with van der Waals surface area (Å²) in [6.07, 6.45) is 2.52. The van der Waals surface area contributed by atoms with Gasteiger partial charge in [0, 0.05) is 23.5 Å². The van der Waals surface area contributed by atoms with Crippen molar-refractivity contribution in [2.45, 2.75) is 19.4 Å². The van der Waals surface area contributed by atoms with Gasteiger partial charge in [-0.15, -0.1) is 11.3 Å². The molecular weight excluding hydrogens is 232 g/mol.